The second-order valence-corrected chi connectivity index (χ2v) is 2.86. The zero-order valence-electron chi connectivity index (χ0n) is 7.37. The van der Waals surface area contributed by atoms with Gasteiger partial charge in [-0.25, -0.2) is 4.99 Å². The summed E-state index contributed by atoms with van der Waals surface area (Å²) in [5.41, 5.74) is 1.89. The summed E-state index contributed by atoms with van der Waals surface area (Å²) in [5, 5.41) is 0. The van der Waals surface area contributed by atoms with Crippen LogP contribution in [0.1, 0.15) is 6.92 Å². The lowest BCUT2D eigenvalue weighted by atomic mass is 10.3. The summed E-state index contributed by atoms with van der Waals surface area (Å²) in [6.07, 6.45) is 5.25. The molecule has 2 aliphatic rings. The standard InChI is InChI=1S/C11H9NO/c1-3-11-12-9-6-4-8(2)5-7-10(9)13-11/h3-4,6,10H,1H2,2H3. The van der Waals surface area contributed by atoms with E-state index in [1.54, 1.807) is 6.08 Å². The van der Waals surface area contributed by atoms with Gasteiger partial charge in [0.25, 0.3) is 0 Å². The largest absolute Gasteiger partial charge is 0.454 e. The highest BCUT2D eigenvalue weighted by atomic mass is 16.5. The molecule has 1 aliphatic heterocycles. The topological polar surface area (TPSA) is 21.6 Å². The lowest BCUT2D eigenvalue weighted by Crippen LogP contribution is -2.07. The van der Waals surface area contributed by atoms with Crippen molar-refractivity contribution < 1.29 is 4.74 Å². The predicted molar refractivity (Wildman–Crippen MR) is 52.1 cm³/mol. The SMILES string of the molecule is C=CC1=NC2=CC=C(C)C#CC2O1. The van der Waals surface area contributed by atoms with E-state index in [0.717, 1.165) is 11.3 Å². The fourth-order valence-electron chi connectivity index (χ4n) is 1.15. The second kappa shape index (κ2) is 2.95. The normalized spacial score (nSPS) is 23.8. The number of nitrogens with zero attached hydrogens (tertiary/aromatic N) is 1. The smallest absolute Gasteiger partial charge is 0.214 e. The highest BCUT2D eigenvalue weighted by Crippen LogP contribution is 2.19. The molecule has 0 aromatic heterocycles. The Kier molecular flexibility index (Phi) is 1.79. The number of ether oxygens (including phenoxy) is 1. The van der Waals surface area contributed by atoms with Crippen LogP contribution in [-0.4, -0.2) is 12.0 Å². The minimum Gasteiger partial charge on any atom is -0.454 e. The van der Waals surface area contributed by atoms with Crippen molar-refractivity contribution >= 4 is 5.90 Å². The number of hydrogen-bond acceptors (Lipinski definition) is 2. The van der Waals surface area contributed by atoms with Gasteiger partial charge in [0.1, 0.15) is 0 Å². The van der Waals surface area contributed by atoms with Crippen LogP contribution in [0.25, 0.3) is 0 Å². The molecule has 1 unspecified atom stereocenters. The third kappa shape index (κ3) is 1.41. The minimum atomic E-state index is -0.207. The van der Waals surface area contributed by atoms with Gasteiger partial charge in [0.15, 0.2) is 0 Å². The maximum Gasteiger partial charge on any atom is 0.214 e. The van der Waals surface area contributed by atoms with Gasteiger partial charge in [0.2, 0.25) is 12.0 Å². The zero-order valence-corrected chi connectivity index (χ0v) is 7.37. The Morgan fingerprint density at radius 1 is 1.62 bits per heavy atom. The van der Waals surface area contributed by atoms with Crippen LogP contribution in [0.15, 0.2) is 41.1 Å². The molecule has 0 aromatic rings. The summed E-state index contributed by atoms with van der Waals surface area (Å²) in [7, 11) is 0. The van der Waals surface area contributed by atoms with Gasteiger partial charge >= 0.3 is 0 Å². The van der Waals surface area contributed by atoms with Crippen molar-refractivity contribution in [2.75, 3.05) is 0 Å². The number of hydrogen-bond donors (Lipinski definition) is 0. The molecule has 2 nitrogen and oxygen atoms in total. The van der Waals surface area contributed by atoms with Crippen LogP contribution in [0.2, 0.25) is 0 Å². The van der Waals surface area contributed by atoms with Crippen molar-refractivity contribution in [3.8, 4) is 11.8 Å². The van der Waals surface area contributed by atoms with Crippen LogP contribution in [0.4, 0.5) is 0 Å². The average Bonchev–Trinajstić information content (AvgIpc) is 2.47. The summed E-state index contributed by atoms with van der Waals surface area (Å²) in [6, 6.07) is 0. The van der Waals surface area contributed by atoms with Crippen molar-refractivity contribution in [2.24, 2.45) is 4.99 Å². The van der Waals surface area contributed by atoms with Gasteiger partial charge in [-0.05, 0) is 36.6 Å². The van der Waals surface area contributed by atoms with Crippen LogP contribution >= 0.6 is 0 Å². The van der Waals surface area contributed by atoms with Crippen LogP contribution in [0.5, 0.6) is 0 Å². The average molecular weight is 171 g/mol. The molecule has 1 atom stereocenters. The number of allylic oxidation sites excluding steroid dienone is 3. The lowest BCUT2D eigenvalue weighted by molar-refractivity contribution is 0.305. The monoisotopic (exact) mass is 171 g/mol. The molecule has 0 spiro atoms. The van der Waals surface area contributed by atoms with Crippen LogP contribution < -0.4 is 0 Å². The third-order valence-electron chi connectivity index (χ3n) is 1.83. The fraction of sp³-hybridized carbons (Fsp3) is 0.182. The maximum atomic E-state index is 5.40. The molecule has 0 aromatic carbocycles. The molecule has 0 saturated heterocycles. The van der Waals surface area contributed by atoms with Gasteiger partial charge in [-0.1, -0.05) is 12.5 Å². The quantitative estimate of drug-likeness (QED) is 0.551. The van der Waals surface area contributed by atoms with E-state index in [1.807, 2.05) is 19.1 Å². The van der Waals surface area contributed by atoms with E-state index in [0.29, 0.717) is 5.90 Å². The zero-order chi connectivity index (χ0) is 9.26. The molecular formula is C11H9NO. The lowest BCUT2D eigenvalue weighted by Gasteiger charge is -2.01. The molecule has 64 valence electrons. The Labute approximate surface area is 77.3 Å². The van der Waals surface area contributed by atoms with E-state index in [1.165, 1.54) is 0 Å². The number of aliphatic imine (C=N–C) groups is 1. The van der Waals surface area contributed by atoms with Crippen LogP contribution in [-0.2, 0) is 4.74 Å². The highest BCUT2D eigenvalue weighted by Gasteiger charge is 2.21. The molecule has 0 N–H and O–H groups in total. The Morgan fingerprint density at radius 2 is 2.46 bits per heavy atom. The summed E-state index contributed by atoms with van der Waals surface area (Å²) in [5.74, 6) is 6.53. The van der Waals surface area contributed by atoms with Crippen LogP contribution in [0.3, 0.4) is 0 Å². The Bertz CT molecular complexity index is 402. The number of rotatable bonds is 1. The highest BCUT2D eigenvalue weighted by molar-refractivity contribution is 5.90. The molecule has 1 heterocycles. The van der Waals surface area contributed by atoms with E-state index in [9.17, 15) is 0 Å². The van der Waals surface area contributed by atoms with Crippen molar-refractivity contribution in [1.29, 1.82) is 0 Å². The van der Waals surface area contributed by atoms with Gasteiger partial charge in [-0.3, -0.25) is 0 Å². The molecule has 2 heteroatoms. The fourth-order valence-corrected chi connectivity index (χ4v) is 1.15. The van der Waals surface area contributed by atoms with Crippen molar-refractivity contribution in [1.82, 2.24) is 0 Å². The van der Waals surface area contributed by atoms with Gasteiger partial charge in [0, 0.05) is 0 Å². The molecule has 13 heavy (non-hydrogen) atoms. The summed E-state index contributed by atoms with van der Waals surface area (Å²) >= 11 is 0. The van der Waals surface area contributed by atoms with E-state index in [4.69, 9.17) is 4.74 Å². The first kappa shape index (κ1) is 7.88. The summed E-state index contributed by atoms with van der Waals surface area (Å²) in [4.78, 5) is 4.21. The predicted octanol–water partition coefficient (Wildman–Crippen LogP) is 1.82. The second-order valence-electron chi connectivity index (χ2n) is 2.86. The van der Waals surface area contributed by atoms with Crippen molar-refractivity contribution in [3.05, 3.63) is 36.1 Å². The van der Waals surface area contributed by atoms with Crippen LogP contribution in [0, 0.1) is 11.8 Å². The van der Waals surface area contributed by atoms with Crippen molar-refractivity contribution in [2.45, 2.75) is 13.0 Å². The first-order chi connectivity index (χ1) is 6.29. The van der Waals surface area contributed by atoms with E-state index in [-0.39, 0.29) is 6.10 Å². The van der Waals surface area contributed by atoms with E-state index >= 15 is 0 Å². The number of fused-ring (bicyclic) bond motifs is 1. The van der Waals surface area contributed by atoms with E-state index < -0.39 is 0 Å². The van der Waals surface area contributed by atoms with Gasteiger partial charge < -0.3 is 4.74 Å². The van der Waals surface area contributed by atoms with Gasteiger partial charge in [0.05, 0.1) is 5.70 Å². The first-order valence-electron chi connectivity index (χ1n) is 4.07. The molecule has 0 saturated carbocycles. The molecule has 0 amide bonds. The Balaban J connectivity index is 2.37. The Hall–Kier alpha value is -1.75. The van der Waals surface area contributed by atoms with E-state index in [2.05, 4.69) is 23.4 Å². The Morgan fingerprint density at radius 3 is 3.23 bits per heavy atom. The third-order valence-corrected chi connectivity index (χ3v) is 1.83. The molecule has 0 fully saturated rings. The maximum absolute atomic E-state index is 5.40. The first-order valence-corrected chi connectivity index (χ1v) is 4.07. The molecule has 0 bridgehead atoms. The van der Waals surface area contributed by atoms with Gasteiger partial charge in [-0.2, -0.15) is 0 Å². The van der Waals surface area contributed by atoms with Crippen molar-refractivity contribution in [3.63, 3.8) is 0 Å². The molecule has 2 rings (SSSR count). The molecule has 1 aliphatic carbocycles. The summed E-state index contributed by atoms with van der Waals surface area (Å²) in [6.45, 7) is 5.55. The molecule has 0 radical (unpaired) electrons. The minimum absolute atomic E-state index is 0.207. The van der Waals surface area contributed by atoms with Gasteiger partial charge in [-0.15, -0.1) is 0 Å². The molecular weight excluding hydrogens is 162 g/mol. The summed E-state index contributed by atoms with van der Waals surface area (Å²) < 4.78 is 5.40.